The summed E-state index contributed by atoms with van der Waals surface area (Å²) in [6.45, 7) is 8.16. The zero-order valence-electron chi connectivity index (χ0n) is 16.2. The number of carbonyl (C=O) groups is 2. The van der Waals surface area contributed by atoms with Crippen LogP contribution < -0.4 is 20.1 Å². The predicted molar refractivity (Wildman–Crippen MR) is 107 cm³/mol. The van der Waals surface area contributed by atoms with E-state index in [0.29, 0.717) is 41.7 Å². The molecule has 0 aliphatic rings. The highest BCUT2D eigenvalue weighted by Crippen LogP contribution is 2.30. The van der Waals surface area contributed by atoms with Crippen LogP contribution in [0.25, 0.3) is 0 Å². The Labute approximate surface area is 159 Å². The summed E-state index contributed by atoms with van der Waals surface area (Å²) in [4.78, 5) is 23.8. The predicted octanol–water partition coefficient (Wildman–Crippen LogP) is 4.13. The van der Waals surface area contributed by atoms with Crippen molar-refractivity contribution in [3.8, 4) is 11.5 Å². The van der Waals surface area contributed by atoms with Crippen molar-refractivity contribution in [3.63, 3.8) is 0 Å². The molecule has 1 amide bonds. The van der Waals surface area contributed by atoms with Crippen LogP contribution in [0.3, 0.4) is 0 Å². The van der Waals surface area contributed by atoms with Gasteiger partial charge in [-0.1, -0.05) is 0 Å². The Morgan fingerprint density at radius 3 is 2.26 bits per heavy atom. The summed E-state index contributed by atoms with van der Waals surface area (Å²) in [5.41, 5.74) is 1.93. The van der Waals surface area contributed by atoms with Gasteiger partial charge in [-0.25, -0.2) is 0 Å². The molecule has 0 aliphatic heterocycles. The number of anilines is 2. The van der Waals surface area contributed by atoms with Gasteiger partial charge in [-0.05, 0) is 64.1 Å². The van der Waals surface area contributed by atoms with Gasteiger partial charge in [0.05, 0.1) is 18.9 Å². The first-order valence-electron chi connectivity index (χ1n) is 9.02. The van der Waals surface area contributed by atoms with Crippen molar-refractivity contribution in [2.24, 2.45) is 0 Å². The zero-order valence-corrected chi connectivity index (χ0v) is 16.2. The quantitative estimate of drug-likeness (QED) is 0.649. The van der Waals surface area contributed by atoms with E-state index < -0.39 is 6.04 Å². The van der Waals surface area contributed by atoms with Gasteiger partial charge >= 0.3 is 0 Å². The van der Waals surface area contributed by atoms with E-state index in [4.69, 9.17) is 9.47 Å². The van der Waals surface area contributed by atoms with Gasteiger partial charge < -0.3 is 20.1 Å². The minimum absolute atomic E-state index is 0.0134. The highest BCUT2D eigenvalue weighted by Gasteiger charge is 2.16. The highest BCUT2D eigenvalue weighted by molar-refractivity contribution is 5.98. The van der Waals surface area contributed by atoms with Crippen LogP contribution in [0.2, 0.25) is 0 Å². The Morgan fingerprint density at radius 1 is 1.00 bits per heavy atom. The average Bonchev–Trinajstić information content (AvgIpc) is 2.64. The molecule has 27 heavy (non-hydrogen) atoms. The monoisotopic (exact) mass is 370 g/mol. The molecular weight excluding hydrogens is 344 g/mol. The molecule has 0 fully saturated rings. The first-order chi connectivity index (χ1) is 12.9. The van der Waals surface area contributed by atoms with Crippen LogP contribution in [0.1, 0.15) is 38.1 Å². The number of hydrogen-bond donors (Lipinski definition) is 2. The Morgan fingerprint density at radius 2 is 1.67 bits per heavy atom. The van der Waals surface area contributed by atoms with E-state index >= 15 is 0 Å². The lowest BCUT2D eigenvalue weighted by molar-refractivity contribution is -0.116. The minimum Gasteiger partial charge on any atom is -0.494 e. The molecule has 1 atom stereocenters. The molecule has 144 valence electrons. The molecule has 0 saturated carbocycles. The maximum absolute atomic E-state index is 12.5. The zero-order chi connectivity index (χ0) is 19.8. The summed E-state index contributed by atoms with van der Waals surface area (Å²) in [6, 6.07) is 11.8. The largest absolute Gasteiger partial charge is 0.494 e. The number of benzene rings is 2. The van der Waals surface area contributed by atoms with Crippen LogP contribution in [0, 0.1) is 0 Å². The molecule has 0 heterocycles. The van der Waals surface area contributed by atoms with Gasteiger partial charge in [-0.2, -0.15) is 0 Å². The second-order valence-electron chi connectivity index (χ2n) is 6.01. The molecule has 2 aromatic rings. The fourth-order valence-electron chi connectivity index (χ4n) is 2.50. The molecule has 0 radical (unpaired) electrons. The van der Waals surface area contributed by atoms with Crippen LogP contribution in [0.15, 0.2) is 42.5 Å². The molecule has 2 rings (SSSR count). The summed E-state index contributed by atoms with van der Waals surface area (Å²) in [5, 5.41) is 6.01. The van der Waals surface area contributed by atoms with E-state index in [2.05, 4.69) is 10.6 Å². The van der Waals surface area contributed by atoms with Crippen LogP contribution in [0.5, 0.6) is 11.5 Å². The smallest absolute Gasteiger partial charge is 0.246 e. The first kappa shape index (κ1) is 20.3. The van der Waals surface area contributed by atoms with Gasteiger partial charge in [0.2, 0.25) is 5.91 Å². The number of hydrogen-bond acceptors (Lipinski definition) is 5. The fourth-order valence-corrected chi connectivity index (χ4v) is 2.50. The van der Waals surface area contributed by atoms with Crippen molar-refractivity contribution in [3.05, 3.63) is 48.0 Å². The van der Waals surface area contributed by atoms with Gasteiger partial charge in [-0.15, -0.1) is 0 Å². The van der Waals surface area contributed by atoms with Crippen molar-refractivity contribution in [1.82, 2.24) is 0 Å². The second kappa shape index (κ2) is 9.62. The van der Waals surface area contributed by atoms with Crippen molar-refractivity contribution >= 4 is 23.1 Å². The lowest BCUT2D eigenvalue weighted by Gasteiger charge is -2.19. The number of nitrogens with one attached hydrogen (secondary N) is 2. The molecule has 2 aromatic carbocycles. The highest BCUT2D eigenvalue weighted by atomic mass is 16.5. The second-order valence-corrected chi connectivity index (χ2v) is 6.01. The van der Waals surface area contributed by atoms with Crippen LogP contribution >= 0.6 is 0 Å². The van der Waals surface area contributed by atoms with Crippen LogP contribution in [-0.4, -0.2) is 30.9 Å². The van der Waals surface area contributed by atoms with E-state index in [0.717, 1.165) is 0 Å². The molecular formula is C21H26N2O4. The summed E-state index contributed by atoms with van der Waals surface area (Å²) in [6.07, 6.45) is 0. The molecule has 6 nitrogen and oxygen atoms in total. The normalized spacial score (nSPS) is 11.4. The van der Waals surface area contributed by atoms with Gasteiger partial charge in [-0.3, -0.25) is 9.59 Å². The number of rotatable bonds is 9. The van der Waals surface area contributed by atoms with Gasteiger partial charge in [0.25, 0.3) is 0 Å². The lowest BCUT2D eigenvalue weighted by Crippen LogP contribution is -2.32. The fraction of sp³-hybridized carbons (Fsp3) is 0.333. The molecule has 6 heteroatoms. The summed E-state index contributed by atoms with van der Waals surface area (Å²) < 4.78 is 11.1. The maximum Gasteiger partial charge on any atom is 0.246 e. The van der Waals surface area contributed by atoms with E-state index in [1.54, 1.807) is 31.2 Å². The van der Waals surface area contributed by atoms with Crippen molar-refractivity contribution in [2.45, 2.75) is 33.7 Å². The number of ether oxygens (including phenoxy) is 2. The third-order valence-corrected chi connectivity index (χ3v) is 3.89. The van der Waals surface area contributed by atoms with Crippen molar-refractivity contribution in [1.29, 1.82) is 0 Å². The van der Waals surface area contributed by atoms with Crippen molar-refractivity contribution in [2.75, 3.05) is 23.8 Å². The molecule has 2 N–H and O–H groups in total. The van der Waals surface area contributed by atoms with E-state index in [-0.39, 0.29) is 11.7 Å². The Hall–Kier alpha value is -3.02. The van der Waals surface area contributed by atoms with E-state index in [1.165, 1.54) is 6.92 Å². The Bertz CT molecular complexity index is 787. The molecule has 1 unspecified atom stereocenters. The molecule has 0 saturated heterocycles. The first-order valence-corrected chi connectivity index (χ1v) is 9.02. The van der Waals surface area contributed by atoms with Crippen LogP contribution in [-0.2, 0) is 4.79 Å². The van der Waals surface area contributed by atoms with Gasteiger partial charge in [0, 0.05) is 17.3 Å². The molecule has 0 bridgehead atoms. The maximum atomic E-state index is 12.5. The number of Topliss-reactive ketones (excluding diaryl/α,β-unsaturated/α-hetero) is 1. The standard InChI is InChI=1S/C21H26N2O4/c1-5-26-18-11-12-20(27-6-2)19(13-18)22-14(3)21(25)23-17-9-7-16(8-10-17)15(4)24/h7-14,22H,5-6H2,1-4H3,(H,23,25). The molecule has 0 spiro atoms. The van der Waals surface area contributed by atoms with E-state index in [1.807, 2.05) is 32.0 Å². The molecule has 0 aromatic heterocycles. The van der Waals surface area contributed by atoms with Gasteiger partial charge in [0.1, 0.15) is 17.5 Å². The number of carbonyl (C=O) groups excluding carboxylic acids is 2. The number of amides is 1. The van der Waals surface area contributed by atoms with E-state index in [9.17, 15) is 9.59 Å². The average molecular weight is 370 g/mol. The minimum atomic E-state index is -0.506. The van der Waals surface area contributed by atoms with Gasteiger partial charge in [0.15, 0.2) is 5.78 Å². The summed E-state index contributed by atoms with van der Waals surface area (Å²) >= 11 is 0. The molecule has 0 aliphatic carbocycles. The summed E-state index contributed by atoms with van der Waals surface area (Å²) in [7, 11) is 0. The van der Waals surface area contributed by atoms with Crippen molar-refractivity contribution < 1.29 is 19.1 Å². The third-order valence-electron chi connectivity index (χ3n) is 3.89. The number of ketones is 1. The third kappa shape index (κ3) is 5.74. The SMILES string of the molecule is CCOc1ccc(OCC)c(NC(C)C(=O)Nc2ccc(C(C)=O)cc2)c1. The van der Waals surface area contributed by atoms with Crippen LogP contribution in [0.4, 0.5) is 11.4 Å². The Balaban J connectivity index is 2.08. The topological polar surface area (TPSA) is 76.7 Å². The lowest BCUT2D eigenvalue weighted by atomic mass is 10.1. The summed E-state index contributed by atoms with van der Waals surface area (Å²) in [5.74, 6) is 1.15. The Kier molecular flexibility index (Phi) is 7.23.